The standard InChI is InChI=1S/C30H35N2S2/c1-6-14-32-24-10-8-9-11-26(24)33-29(32)18-23-16-22(19-30(4,5)20-23)17-28-31(7-2)25-13-12-21(3)15-27(25)34-28/h8-13,15-18H,6-7,14,19-20H2,1-5H3/q+1. The predicted octanol–water partition coefficient (Wildman–Crippen LogP) is 8.51. The van der Waals surface area contributed by atoms with Crippen molar-refractivity contribution in [2.24, 2.45) is 5.41 Å². The molecule has 0 unspecified atom stereocenters. The van der Waals surface area contributed by atoms with Gasteiger partial charge in [0.25, 0.3) is 5.01 Å². The Hall–Kier alpha value is -2.30. The van der Waals surface area contributed by atoms with Crippen molar-refractivity contribution in [3.8, 4) is 0 Å². The summed E-state index contributed by atoms with van der Waals surface area (Å²) in [6.07, 6.45) is 10.7. The van der Waals surface area contributed by atoms with Crippen molar-refractivity contribution in [1.29, 1.82) is 0 Å². The summed E-state index contributed by atoms with van der Waals surface area (Å²) in [4.78, 5) is 3.84. The van der Waals surface area contributed by atoms with E-state index in [0.29, 0.717) is 0 Å². The van der Waals surface area contributed by atoms with Crippen LogP contribution in [0, 0.1) is 12.3 Å². The van der Waals surface area contributed by atoms with Gasteiger partial charge in [-0.25, -0.2) is 0 Å². The van der Waals surface area contributed by atoms with Crippen LogP contribution in [-0.4, -0.2) is 6.54 Å². The Balaban J connectivity index is 1.53. The van der Waals surface area contributed by atoms with Crippen molar-refractivity contribution in [2.45, 2.75) is 65.3 Å². The number of hydrogen-bond donors (Lipinski definition) is 0. The molecule has 0 spiro atoms. The fourth-order valence-corrected chi connectivity index (χ4v) is 7.74. The van der Waals surface area contributed by atoms with E-state index in [-0.39, 0.29) is 5.41 Å². The first kappa shape index (κ1) is 23.4. The molecule has 0 saturated carbocycles. The molecule has 0 fully saturated rings. The fraction of sp³-hybridized carbons (Fsp3) is 0.367. The third-order valence-corrected chi connectivity index (χ3v) is 8.85. The van der Waals surface area contributed by atoms with E-state index >= 15 is 0 Å². The van der Waals surface area contributed by atoms with Crippen molar-refractivity contribution < 1.29 is 4.57 Å². The average Bonchev–Trinajstić information content (AvgIpc) is 3.29. The van der Waals surface area contributed by atoms with E-state index in [2.05, 4.69) is 105 Å². The molecular formula is C30H35N2S2+. The van der Waals surface area contributed by atoms with Gasteiger partial charge in [-0.2, -0.15) is 4.57 Å². The van der Waals surface area contributed by atoms with Gasteiger partial charge in [0.05, 0.1) is 10.7 Å². The number of thiazole rings is 1. The molecular weight excluding hydrogens is 452 g/mol. The maximum atomic E-state index is 2.51. The van der Waals surface area contributed by atoms with E-state index in [9.17, 15) is 0 Å². The first-order chi connectivity index (χ1) is 16.4. The topological polar surface area (TPSA) is 7.12 Å². The van der Waals surface area contributed by atoms with E-state index < -0.39 is 0 Å². The number of nitrogens with zero attached hydrogens (tertiary/aromatic N) is 2. The summed E-state index contributed by atoms with van der Waals surface area (Å²) in [5, 5.41) is 2.72. The summed E-state index contributed by atoms with van der Waals surface area (Å²) < 4.78 is 3.88. The van der Waals surface area contributed by atoms with Gasteiger partial charge in [-0.1, -0.05) is 68.1 Å². The third kappa shape index (κ3) is 4.63. The Labute approximate surface area is 212 Å². The van der Waals surface area contributed by atoms with E-state index in [1.54, 1.807) is 0 Å². The molecule has 34 heavy (non-hydrogen) atoms. The van der Waals surface area contributed by atoms with Crippen LogP contribution in [-0.2, 0) is 6.54 Å². The number of benzene rings is 2. The summed E-state index contributed by atoms with van der Waals surface area (Å²) in [6.45, 7) is 13.6. The van der Waals surface area contributed by atoms with Crippen LogP contribution >= 0.6 is 23.1 Å². The smallest absolute Gasteiger partial charge is 0.263 e. The van der Waals surface area contributed by atoms with Crippen LogP contribution < -0.4 is 9.47 Å². The predicted molar refractivity (Wildman–Crippen MR) is 150 cm³/mol. The van der Waals surface area contributed by atoms with Gasteiger partial charge in [0.2, 0.25) is 5.52 Å². The van der Waals surface area contributed by atoms with Gasteiger partial charge in [-0.05, 0) is 73.1 Å². The van der Waals surface area contributed by atoms with E-state index in [1.807, 2.05) is 23.1 Å². The molecule has 2 nitrogen and oxygen atoms in total. The molecule has 0 bridgehead atoms. The Morgan fingerprint density at radius 3 is 2.68 bits per heavy atom. The summed E-state index contributed by atoms with van der Waals surface area (Å²) >= 11 is 3.84. The van der Waals surface area contributed by atoms with Gasteiger partial charge < -0.3 is 4.90 Å². The summed E-state index contributed by atoms with van der Waals surface area (Å²) in [7, 11) is 0. The van der Waals surface area contributed by atoms with Crippen LogP contribution in [0.4, 0.5) is 5.69 Å². The minimum absolute atomic E-state index is 0.253. The van der Waals surface area contributed by atoms with Crippen molar-refractivity contribution >= 4 is 45.1 Å². The van der Waals surface area contributed by atoms with Gasteiger partial charge in [0.15, 0.2) is 0 Å². The fourth-order valence-electron chi connectivity index (χ4n) is 5.27. The first-order valence-electron chi connectivity index (χ1n) is 12.5. The number of fused-ring (bicyclic) bond motifs is 2. The summed E-state index contributed by atoms with van der Waals surface area (Å²) in [5.41, 5.74) is 7.17. The lowest BCUT2D eigenvalue weighted by atomic mass is 9.75. The van der Waals surface area contributed by atoms with Crippen molar-refractivity contribution in [3.05, 3.63) is 81.4 Å². The summed E-state index contributed by atoms with van der Waals surface area (Å²) in [5.74, 6) is 0. The second-order valence-electron chi connectivity index (χ2n) is 10.3. The molecule has 0 amide bonds. The second-order valence-corrected chi connectivity index (χ2v) is 12.4. The average molecular weight is 488 g/mol. The quantitative estimate of drug-likeness (QED) is 0.333. The van der Waals surface area contributed by atoms with E-state index in [1.165, 1.54) is 47.5 Å². The van der Waals surface area contributed by atoms with Crippen LogP contribution in [0.3, 0.4) is 0 Å². The maximum Gasteiger partial charge on any atom is 0.263 e. The SMILES string of the molecule is CCC[n+]1c(C=C2C=C(C=C3Sc4cc(C)ccc4N3CC)CC(C)(C)C2)sc2ccccc21. The molecule has 2 aromatic carbocycles. The summed E-state index contributed by atoms with van der Waals surface area (Å²) in [6, 6.07) is 15.6. The highest BCUT2D eigenvalue weighted by atomic mass is 32.2. The van der Waals surface area contributed by atoms with Crippen LogP contribution in [0.5, 0.6) is 0 Å². The zero-order valence-corrected chi connectivity index (χ0v) is 22.7. The number of rotatable bonds is 5. The van der Waals surface area contributed by atoms with Gasteiger partial charge >= 0.3 is 0 Å². The number of para-hydroxylation sites is 1. The Kier molecular flexibility index (Phi) is 6.47. The Morgan fingerprint density at radius 1 is 1.06 bits per heavy atom. The molecule has 1 aliphatic carbocycles. The number of anilines is 1. The minimum Gasteiger partial charge on any atom is -0.335 e. The molecule has 3 aromatic rings. The lowest BCUT2D eigenvalue weighted by molar-refractivity contribution is -0.668. The largest absolute Gasteiger partial charge is 0.335 e. The number of aryl methyl sites for hydroxylation is 2. The van der Waals surface area contributed by atoms with Crippen molar-refractivity contribution in [2.75, 3.05) is 11.4 Å². The zero-order chi connectivity index (χ0) is 23.9. The van der Waals surface area contributed by atoms with Crippen LogP contribution in [0.15, 0.2) is 75.7 Å². The van der Waals surface area contributed by atoms with Crippen LogP contribution in [0.25, 0.3) is 16.3 Å². The van der Waals surface area contributed by atoms with Crippen LogP contribution in [0.1, 0.15) is 57.5 Å². The zero-order valence-electron chi connectivity index (χ0n) is 21.0. The number of aromatic nitrogens is 1. The molecule has 4 heteroatoms. The number of hydrogen-bond acceptors (Lipinski definition) is 3. The molecule has 0 radical (unpaired) electrons. The van der Waals surface area contributed by atoms with E-state index in [0.717, 1.165) is 32.4 Å². The second kappa shape index (κ2) is 9.39. The highest BCUT2D eigenvalue weighted by Crippen LogP contribution is 2.48. The van der Waals surface area contributed by atoms with Gasteiger partial charge in [-0.15, -0.1) is 0 Å². The molecule has 176 valence electrons. The van der Waals surface area contributed by atoms with Gasteiger partial charge in [0, 0.05) is 30.0 Å². The number of thioether (sulfide) groups is 1. The lowest BCUT2D eigenvalue weighted by Crippen LogP contribution is -2.34. The monoisotopic (exact) mass is 487 g/mol. The maximum absolute atomic E-state index is 2.51. The molecule has 2 aliphatic rings. The van der Waals surface area contributed by atoms with Crippen molar-refractivity contribution in [3.63, 3.8) is 0 Å². The van der Waals surface area contributed by atoms with E-state index in [4.69, 9.17) is 0 Å². The lowest BCUT2D eigenvalue weighted by Gasteiger charge is -2.31. The Morgan fingerprint density at radius 2 is 1.88 bits per heavy atom. The molecule has 2 heterocycles. The molecule has 1 aliphatic heterocycles. The normalized spacial score (nSPS) is 19.8. The molecule has 0 N–H and O–H groups in total. The molecule has 5 rings (SSSR count). The molecule has 0 atom stereocenters. The Bertz CT molecular complexity index is 1320. The third-order valence-electron chi connectivity index (χ3n) is 6.64. The first-order valence-corrected chi connectivity index (χ1v) is 14.1. The van der Waals surface area contributed by atoms with Gasteiger partial charge in [0.1, 0.15) is 11.2 Å². The van der Waals surface area contributed by atoms with Crippen LogP contribution in [0.2, 0.25) is 0 Å². The molecule has 1 aromatic heterocycles. The molecule has 0 saturated heterocycles. The highest BCUT2D eigenvalue weighted by Gasteiger charge is 2.29. The van der Waals surface area contributed by atoms with Crippen molar-refractivity contribution in [1.82, 2.24) is 0 Å². The highest BCUT2D eigenvalue weighted by molar-refractivity contribution is 8.03. The van der Waals surface area contributed by atoms with Gasteiger partial charge in [-0.3, -0.25) is 0 Å². The number of allylic oxidation sites excluding steroid dienone is 4. The minimum atomic E-state index is 0.253.